The molecule has 8 nitrogen and oxygen atoms in total. The molecule has 1 aliphatic carbocycles. The van der Waals surface area contributed by atoms with Gasteiger partial charge in [-0.05, 0) is 82.0 Å². The molecule has 0 aromatic heterocycles. The van der Waals surface area contributed by atoms with Crippen LogP contribution in [0.3, 0.4) is 0 Å². The van der Waals surface area contributed by atoms with E-state index in [1.54, 1.807) is 6.07 Å². The van der Waals surface area contributed by atoms with E-state index in [0.717, 1.165) is 52.3 Å². The first-order valence-electron chi connectivity index (χ1n) is 15.0. The third kappa shape index (κ3) is 7.63. The van der Waals surface area contributed by atoms with E-state index >= 15 is 0 Å². The third-order valence-electron chi connectivity index (χ3n) is 7.90. The zero-order valence-electron chi connectivity index (χ0n) is 25.0. The summed E-state index contributed by atoms with van der Waals surface area (Å²) in [6.07, 6.45) is 1.45. The Morgan fingerprint density at radius 3 is 2.27 bits per heavy atom. The van der Waals surface area contributed by atoms with Crippen LogP contribution in [-0.2, 0) is 28.9 Å². The molecule has 1 aliphatic rings. The van der Waals surface area contributed by atoms with Crippen LogP contribution in [-0.4, -0.2) is 58.3 Å². The smallest absolute Gasteiger partial charge is 0.342 e. The van der Waals surface area contributed by atoms with Crippen molar-refractivity contribution in [2.75, 3.05) is 13.1 Å². The summed E-state index contributed by atoms with van der Waals surface area (Å²) in [7, 11) is 0. The number of benzene rings is 4. The van der Waals surface area contributed by atoms with Gasteiger partial charge in [-0.1, -0.05) is 80.6 Å². The fraction of sp³-hybridized carbons (Fsp3) is 0.306. The van der Waals surface area contributed by atoms with Gasteiger partial charge >= 0.3 is 18.0 Å². The van der Waals surface area contributed by atoms with Crippen LogP contribution in [0.15, 0.2) is 84.9 Å². The van der Waals surface area contributed by atoms with Crippen molar-refractivity contribution in [3.8, 4) is 16.9 Å². The molecular formula is C36H38N2O6. The zero-order valence-corrected chi connectivity index (χ0v) is 25.0. The molecule has 3 N–H and O–H groups in total. The maximum absolute atomic E-state index is 13.3. The number of carboxylic acids is 1. The molecule has 44 heavy (non-hydrogen) atoms. The van der Waals surface area contributed by atoms with Gasteiger partial charge in [-0.3, -0.25) is 0 Å². The number of ether oxygens (including phenoxy) is 1. The highest BCUT2D eigenvalue weighted by atomic mass is 16.5. The SMILES string of the molecule is CC(C)CN(CC(O)C(=O)Oc1ccc2c(c1)CCC2)C(=O)N[C@@H](Cc1ccc(-c2ccc3ccccc3c2)cc1)C(=O)O. The molecule has 0 saturated carbocycles. The van der Waals surface area contributed by atoms with Crippen LogP contribution in [0.1, 0.15) is 37.0 Å². The van der Waals surface area contributed by atoms with Crippen molar-refractivity contribution in [3.63, 3.8) is 0 Å². The van der Waals surface area contributed by atoms with E-state index in [1.165, 1.54) is 10.5 Å². The summed E-state index contributed by atoms with van der Waals surface area (Å²) in [6, 6.07) is 25.5. The second-order valence-corrected chi connectivity index (χ2v) is 11.8. The van der Waals surface area contributed by atoms with Crippen molar-refractivity contribution in [3.05, 3.63) is 102 Å². The van der Waals surface area contributed by atoms with Crippen molar-refractivity contribution in [2.45, 2.75) is 51.7 Å². The van der Waals surface area contributed by atoms with Crippen LogP contribution in [0.2, 0.25) is 0 Å². The van der Waals surface area contributed by atoms with E-state index < -0.39 is 30.1 Å². The third-order valence-corrected chi connectivity index (χ3v) is 7.90. The number of nitrogens with one attached hydrogen (secondary N) is 1. The number of fused-ring (bicyclic) bond motifs is 2. The molecule has 0 heterocycles. The van der Waals surface area contributed by atoms with Crippen LogP contribution >= 0.6 is 0 Å². The van der Waals surface area contributed by atoms with Crippen LogP contribution in [0.5, 0.6) is 5.75 Å². The number of aliphatic hydroxyl groups is 1. The average molecular weight is 595 g/mol. The molecule has 2 amide bonds. The molecule has 0 aliphatic heterocycles. The second kappa shape index (κ2) is 13.7. The lowest BCUT2D eigenvalue weighted by molar-refractivity contribution is -0.144. The molecule has 0 bridgehead atoms. The Morgan fingerprint density at radius 2 is 1.55 bits per heavy atom. The summed E-state index contributed by atoms with van der Waals surface area (Å²) in [5.74, 6) is -1.69. The highest BCUT2D eigenvalue weighted by Crippen LogP contribution is 2.27. The van der Waals surface area contributed by atoms with Gasteiger partial charge in [0.05, 0.1) is 6.54 Å². The summed E-state index contributed by atoms with van der Waals surface area (Å²) in [6.45, 7) is 3.66. The number of aliphatic carboxylic acids is 1. The minimum atomic E-state index is -1.60. The first-order chi connectivity index (χ1) is 21.2. The van der Waals surface area contributed by atoms with E-state index in [-0.39, 0.29) is 25.4 Å². The van der Waals surface area contributed by atoms with Crippen LogP contribution in [0.4, 0.5) is 4.79 Å². The molecule has 0 radical (unpaired) electrons. The highest BCUT2D eigenvalue weighted by Gasteiger charge is 2.28. The largest absolute Gasteiger partial charge is 0.480 e. The van der Waals surface area contributed by atoms with Crippen molar-refractivity contribution in [2.24, 2.45) is 5.92 Å². The molecule has 4 aromatic rings. The van der Waals surface area contributed by atoms with Crippen LogP contribution < -0.4 is 10.1 Å². The summed E-state index contributed by atoms with van der Waals surface area (Å²) in [4.78, 5) is 39.4. The Balaban J connectivity index is 1.22. The highest BCUT2D eigenvalue weighted by molar-refractivity contribution is 5.87. The Kier molecular flexibility index (Phi) is 9.60. The molecule has 4 aromatic carbocycles. The Labute approximate surface area is 257 Å². The zero-order chi connectivity index (χ0) is 31.2. The van der Waals surface area contributed by atoms with Crippen molar-refractivity contribution < 1.29 is 29.3 Å². The number of rotatable bonds is 11. The van der Waals surface area contributed by atoms with Gasteiger partial charge in [0.2, 0.25) is 0 Å². The predicted molar refractivity (Wildman–Crippen MR) is 170 cm³/mol. The standard InChI is InChI=1S/C36H38N2O6/c1-23(2)21-38(22-33(39)35(42)44-31-17-16-26-8-5-9-29(26)20-31)36(43)37-32(34(40)41)18-24-10-12-27(13-11-24)30-15-14-25-6-3-4-7-28(25)19-30/h3-4,6-7,10-17,19-20,23,32-33,39H,5,8-9,18,21-22H2,1-2H3,(H,37,43)(H,40,41)/t32-,33?/m0/s1. The molecule has 0 spiro atoms. The Bertz CT molecular complexity index is 1650. The number of carboxylic acid groups (broad SMARTS) is 1. The monoisotopic (exact) mass is 594 g/mol. The summed E-state index contributed by atoms with van der Waals surface area (Å²) < 4.78 is 5.41. The Morgan fingerprint density at radius 1 is 0.841 bits per heavy atom. The number of carbonyl (C=O) groups is 3. The Hall–Kier alpha value is -4.69. The fourth-order valence-electron chi connectivity index (χ4n) is 5.64. The number of esters is 1. The maximum Gasteiger partial charge on any atom is 0.342 e. The van der Waals surface area contributed by atoms with E-state index in [2.05, 4.69) is 35.6 Å². The number of carbonyl (C=O) groups excluding carboxylic acids is 2. The lowest BCUT2D eigenvalue weighted by Crippen LogP contribution is -2.52. The van der Waals surface area contributed by atoms with Gasteiger partial charge in [-0.15, -0.1) is 0 Å². The van der Waals surface area contributed by atoms with Gasteiger partial charge in [0.15, 0.2) is 6.10 Å². The number of aliphatic hydroxyl groups excluding tert-OH is 1. The van der Waals surface area contributed by atoms with Gasteiger partial charge in [-0.25, -0.2) is 14.4 Å². The van der Waals surface area contributed by atoms with Gasteiger partial charge in [0, 0.05) is 13.0 Å². The number of nitrogens with zero attached hydrogens (tertiary/aromatic N) is 1. The average Bonchev–Trinajstić information content (AvgIpc) is 3.48. The van der Waals surface area contributed by atoms with Gasteiger partial charge in [0.25, 0.3) is 0 Å². The van der Waals surface area contributed by atoms with Crippen LogP contribution in [0.25, 0.3) is 21.9 Å². The van der Waals surface area contributed by atoms with E-state index in [0.29, 0.717) is 5.75 Å². The van der Waals surface area contributed by atoms with Crippen LogP contribution in [0, 0.1) is 5.92 Å². The molecular weight excluding hydrogens is 556 g/mol. The molecule has 2 atom stereocenters. The summed E-state index contributed by atoms with van der Waals surface area (Å²) in [5, 5.41) is 25.4. The molecule has 8 heteroatoms. The molecule has 1 unspecified atom stereocenters. The minimum Gasteiger partial charge on any atom is -0.480 e. The van der Waals surface area contributed by atoms with Crippen molar-refractivity contribution in [1.82, 2.24) is 10.2 Å². The lowest BCUT2D eigenvalue weighted by atomic mass is 9.98. The number of aryl methyl sites for hydroxylation is 2. The molecule has 0 saturated heterocycles. The maximum atomic E-state index is 13.3. The fourth-order valence-corrected chi connectivity index (χ4v) is 5.64. The molecule has 5 rings (SSSR count). The quantitative estimate of drug-likeness (QED) is 0.153. The number of hydrogen-bond acceptors (Lipinski definition) is 5. The number of hydrogen-bond donors (Lipinski definition) is 3. The molecule has 228 valence electrons. The lowest BCUT2D eigenvalue weighted by Gasteiger charge is -2.28. The first-order valence-corrected chi connectivity index (χ1v) is 15.0. The van der Waals surface area contributed by atoms with Crippen molar-refractivity contribution in [1.29, 1.82) is 0 Å². The predicted octanol–water partition coefficient (Wildman–Crippen LogP) is 5.63. The topological polar surface area (TPSA) is 116 Å². The summed E-state index contributed by atoms with van der Waals surface area (Å²) >= 11 is 0. The minimum absolute atomic E-state index is 0.00612. The molecule has 0 fully saturated rings. The number of urea groups is 1. The summed E-state index contributed by atoms with van der Waals surface area (Å²) in [5.41, 5.74) is 5.17. The van der Waals surface area contributed by atoms with E-state index in [1.807, 2.05) is 62.4 Å². The second-order valence-electron chi connectivity index (χ2n) is 11.8. The van der Waals surface area contributed by atoms with E-state index in [4.69, 9.17) is 4.74 Å². The van der Waals surface area contributed by atoms with Gasteiger partial charge in [-0.2, -0.15) is 0 Å². The van der Waals surface area contributed by atoms with Crippen molar-refractivity contribution >= 4 is 28.7 Å². The van der Waals surface area contributed by atoms with Gasteiger partial charge in [0.1, 0.15) is 11.8 Å². The normalized spacial score (nSPS) is 13.7. The van der Waals surface area contributed by atoms with Gasteiger partial charge < -0.3 is 25.2 Å². The number of amides is 2. The first kappa shape index (κ1) is 30.8. The van der Waals surface area contributed by atoms with E-state index in [9.17, 15) is 24.6 Å².